The maximum absolute atomic E-state index is 3.35. The second kappa shape index (κ2) is 2.27. The molecule has 1 aliphatic heterocycles. The first-order chi connectivity index (χ1) is 4.17. The highest BCUT2D eigenvalue weighted by atomic mass is 15.0. The summed E-state index contributed by atoms with van der Waals surface area (Å²) in [5.74, 6) is 0. The van der Waals surface area contributed by atoms with Crippen LogP contribution in [-0.2, 0) is 0 Å². The van der Waals surface area contributed by atoms with Crippen molar-refractivity contribution in [3.63, 3.8) is 0 Å². The van der Waals surface area contributed by atoms with Gasteiger partial charge < -0.3 is 10.6 Å². The molecule has 1 saturated heterocycles. The Balaban J connectivity index is 2.52. The molecule has 9 heavy (non-hydrogen) atoms. The second-order valence-corrected chi connectivity index (χ2v) is 3.46. The van der Waals surface area contributed by atoms with Crippen LogP contribution in [0.3, 0.4) is 0 Å². The van der Waals surface area contributed by atoms with Crippen molar-refractivity contribution in [3.8, 4) is 0 Å². The Morgan fingerprint density at radius 3 is 2.44 bits per heavy atom. The summed E-state index contributed by atoms with van der Waals surface area (Å²) in [5.41, 5.74) is 0.439. The third-order valence-electron chi connectivity index (χ3n) is 2.22. The SMILES string of the molecule is CNC1CNCC1(C)C. The molecule has 1 unspecified atom stereocenters. The van der Waals surface area contributed by atoms with Crippen molar-refractivity contribution in [2.24, 2.45) is 5.41 Å². The summed E-state index contributed by atoms with van der Waals surface area (Å²) >= 11 is 0. The lowest BCUT2D eigenvalue weighted by Gasteiger charge is -2.24. The molecule has 54 valence electrons. The van der Waals surface area contributed by atoms with Gasteiger partial charge in [0.25, 0.3) is 0 Å². The summed E-state index contributed by atoms with van der Waals surface area (Å²) in [5, 5.41) is 6.64. The van der Waals surface area contributed by atoms with E-state index >= 15 is 0 Å². The zero-order valence-corrected chi connectivity index (χ0v) is 6.49. The fourth-order valence-electron chi connectivity index (χ4n) is 1.43. The molecule has 2 nitrogen and oxygen atoms in total. The zero-order chi connectivity index (χ0) is 6.91. The molecule has 1 rings (SSSR count). The Bertz CT molecular complexity index is 99.1. The predicted molar refractivity (Wildman–Crippen MR) is 39.5 cm³/mol. The smallest absolute Gasteiger partial charge is 0.0252 e. The summed E-state index contributed by atoms with van der Waals surface area (Å²) in [7, 11) is 2.03. The first-order valence-corrected chi connectivity index (χ1v) is 3.55. The van der Waals surface area contributed by atoms with Gasteiger partial charge in [0.05, 0.1) is 0 Å². The van der Waals surface area contributed by atoms with Gasteiger partial charge in [-0.1, -0.05) is 13.8 Å². The van der Waals surface area contributed by atoms with E-state index in [1.165, 1.54) is 0 Å². The Kier molecular flexibility index (Phi) is 1.78. The minimum atomic E-state index is 0.439. The zero-order valence-electron chi connectivity index (χ0n) is 6.49. The Morgan fingerprint density at radius 1 is 1.56 bits per heavy atom. The van der Waals surface area contributed by atoms with Crippen molar-refractivity contribution >= 4 is 0 Å². The van der Waals surface area contributed by atoms with E-state index in [1.54, 1.807) is 0 Å². The van der Waals surface area contributed by atoms with E-state index in [0.29, 0.717) is 11.5 Å². The number of rotatable bonds is 1. The van der Waals surface area contributed by atoms with Crippen molar-refractivity contribution in [1.29, 1.82) is 0 Å². The lowest BCUT2D eigenvalue weighted by atomic mass is 9.88. The molecular weight excluding hydrogens is 112 g/mol. The van der Waals surface area contributed by atoms with Gasteiger partial charge in [0.2, 0.25) is 0 Å². The number of hydrogen-bond acceptors (Lipinski definition) is 2. The van der Waals surface area contributed by atoms with Crippen molar-refractivity contribution in [2.45, 2.75) is 19.9 Å². The summed E-state index contributed by atoms with van der Waals surface area (Å²) < 4.78 is 0. The number of likely N-dealkylation sites (N-methyl/N-ethyl adjacent to an activating group) is 1. The number of hydrogen-bond donors (Lipinski definition) is 2. The summed E-state index contributed by atoms with van der Waals surface area (Å²) in [6.07, 6.45) is 0. The molecule has 0 amide bonds. The maximum atomic E-state index is 3.35. The first kappa shape index (κ1) is 7.03. The van der Waals surface area contributed by atoms with Crippen LogP contribution in [0.4, 0.5) is 0 Å². The van der Waals surface area contributed by atoms with E-state index in [4.69, 9.17) is 0 Å². The monoisotopic (exact) mass is 128 g/mol. The minimum Gasteiger partial charge on any atom is -0.315 e. The fraction of sp³-hybridized carbons (Fsp3) is 1.00. The van der Waals surface area contributed by atoms with E-state index in [2.05, 4.69) is 24.5 Å². The number of nitrogens with one attached hydrogen (secondary N) is 2. The molecule has 0 aromatic carbocycles. The molecule has 0 aromatic rings. The van der Waals surface area contributed by atoms with Crippen LogP contribution in [0.5, 0.6) is 0 Å². The van der Waals surface area contributed by atoms with Gasteiger partial charge in [-0.3, -0.25) is 0 Å². The Hall–Kier alpha value is -0.0800. The van der Waals surface area contributed by atoms with Crippen LogP contribution in [0.1, 0.15) is 13.8 Å². The van der Waals surface area contributed by atoms with Gasteiger partial charge in [0, 0.05) is 19.1 Å². The Labute approximate surface area is 57.0 Å². The fourth-order valence-corrected chi connectivity index (χ4v) is 1.43. The van der Waals surface area contributed by atoms with Crippen LogP contribution in [0.25, 0.3) is 0 Å². The van der Waals surface area contributed by atoms with Gasteiger partial charge in [-0.25, -0.2) is 0 Å². The van der Waals surface area contributed by atoms with Gasteiger partial charge in [-0.2, -0.15) is 0 Å². The molecule has 1 aliphatic rings. The molecule has 1 fully saturated rings. The maximum Gasteiger partial charge on any atom is 0.0252 e. The van der Waals surface area contributed by atoms with E-state index in [1.807, 2.05) is 7.05 Å². The van der Waals surface area contributed by atoms with Gasteiger partial charge in [0.1, 0.15) is 0 Å². The average molecular weight is 128 g/mol. The normalized spacial score (nSPS) is 33.0. The Morgan fingerprint density at radius 2 is 2.22 bits per heavy atom. The quantitative estimate of drug-likeness (QED) is 0.527. The molecule has 0 saturated carbocycles. The van der Waals surface area contributed by atoms with Gasteiger partial charge in [0.15, 0.2) is 0 Å². The molecular formula is C7H16N2. The van der Waals surface area contributed by atoms with Crippen LogP contribution < -0.4 is 10.6 Å². The predicted octanol–water partition coefficient (Wildman–Crippen LogP) is 0.204. The molecule has 0 radical (unpaired) electrons. The molecule has 1 atom stereocenters. The highest BCUT2D eigenvalue weighted by Crippen LogP contribution is 2.22. The van der Waals surface area contributed by atoms with Crippen LogP contribution in [0.15, 0.2) is 0 Å². The summed E-state index contributed by atoms with van der Waals surface area (Å²) in [6, 6.07) is 0.650. The molecule has 0 spiro atoms. The van der Waals surface area contributed by atoms with E-state index in [-0.39, 0.29) is 0 Å². The second-order valence-electron chi connectivity index (χ2n) is 3.46. The first-order valence-electron chi connectivity index (χ1n) is 3.55. The van der Waals surface area contributed by atoms with Crippen LogP contribution in [-0.4, -0.2) is 26.2 Å². The van der Waals surface area contributed by atoms with Crippen molar-refractivity contribution in [2.75, 3.05) is 20.1 Å². The van der Waals surface area contributed by atoms with Gasteiger partial charge >= 0.3 is 0 Å². The molecule has 2 heteroatoms. The largest absolute Gasteiger partial charge is 0.315 e. The third-order valence-corrected chi connectivity index (χ3v) is 2.22. The van der Waals surface area contributed by atoms with Crippen molar-refractivity contribution in [1.82, 2.24) is 10.6 Å². The summed E-state index contributed by atoms with van der Waals surface area (Å²) in [4.78, 5) is 0. The standard InChI is InChI=1S/C7H16N2/c1-7(2)5-9-4-6(7)8-3/h6,8-9H,4-5H2,1-3H3. The summed E-state index contributed by atoms with van der Waals surface area (Å²) in [6.45, 7) is 6.82. The average Bonchev–Trinajstić information content (AvgIpc) is 2.08. The third kappa shape index (κ3) is 1.25. The lowest BCUT2D eigenvalue weighted by molar-refractivity contribution is 0.325. The van der Waals surface area contributed by atoms with Gasteiger partial charge in [-0.05, 0) is 12.5 Å². The highest BCUT2D eigenvalue weighted by Gasteiger charge is 2.32. The highest BCUT2D eigenvalue weighted by molar-refractivity contribution is 4.92. The van der Waals surface area contributed by atoms with Crippen molar-refractivity contribution in [3.05, 3.63) is 0 Å². The van der Waals surface area contributed by atoms with E-state index in [0.717, 1.165) is 13.1 Å². The lowest BCUT2D eigenvalue weighted by Crippen LogP contribution is -2.38. The molecule has 0 bridgehead atoms. The van der Waals surface area contributed by atoms with Crippen molar-refractivity contribution < 1.29 is 0 Å². The van der Waals surface area contributed by atoms with Gasteiger partial charge in [-0.15, -0.1) is 0 Å². The molecule has 0 aliphatic carbocycles. The van der Waals surface area contributed by atoms with E-state index in [9.17, 15) is 0 Å². The topological polar surface area (TPSA) is 24.1 Å². The van der Waals surface area contributed by atoms with Crippen LogP contribution in [0, 0.1) is 5.41 Å². The minimum absolute atomic E-state index is 0.439. The molecule has 1 heterocycles. The van der Waals surface area contributed by atoms with E-state index < -0.39 is 0 Å². The molecule has 2 N–H and O–H groups in total. The van der Waals surface area contributed by atoms with Crippen LogP contribution >= 0.6 is 0 Å². The molecule has 0 aromatic heterocycles. The van der Waals surface area contributed by atoms with Crippen LogP contribution in [0.2, 0.25) is 0 Å².